The molecule has 5 nitrogen and oxygen atoms in total. The SMILES string of the molecule is CN(CCC(=O)NC1CCCCC1)C[C@@H]1CC(=O)N(C2CCCC2)C1. The van der Waals surface area contributed by atoms with E-state index in [4.69, 9.17) is 0 Å². The second-order valence-electron chi connectivity index (χ2n) is 8.47. The lowest BCUT2D eigenvalue weighted by molar-refractivity contribution is -0.129. The van der Waals surface area contributed by atoms with Crippen LogP contribution < -0.4 is 5.32 Å². The van der Waals surface area contributed by atoms with Crippen molar-refractivity contribution < 1.29 is 9.59 Å². The van der Waals surface area contributed by atoms with E-state index in [1.807, 2.05) is 0 Å². The molecular weight excluding hydrogens is 314 g/mol. The van der Waals surface area contributed by atoms with E-state index in [9.17, 15) is 9.59 Å². The van der Waals surface area contributed by atoms with Gasteiger partial charge in [0.25, 0.3) is 0 Å². The van der Waals surface area contributed by atoms with E-state index in [-0.39, 0.29) is 5.91 Å². The van der Waals surface area contributed by atoms with Gasteiger partial charge < -0.3 is 15.1 Å². The Morgan fingerprint density at radius 1 is 1.12 bits per heavy atom. The highest BCUT2D eigenvalue weighted by Gasteiger charge is 2.35. The van der Waals surface area contributed by atoms with Crippen molar-refractivity contribution in [2.24, 2.45) is 5.92 Å². The second-order valence-corrected chi connectivity index (χ2v) is 8.47. The van der Waals surface area contributed by atoms with Crippen molar-refractivity contribution in [1.29, 1.82) is 0 Å². The minimum absolute atomic E-state index is 0.189. The smallest absolute Gasteiger partial charge is 0.223 e. The van der Waals surface area contributed by atoms with Gasteiger partial charge in [-0.25, -0.2) is 0 Å². The zero-order valence-electron chi connectivity index (χ0n) is 15.8. The molecule has 5 heteroatoms. The highest BCUT2D eigenvalue weighted by molar-refractivity contribution is 5.79. The van der Waals surface area contributed by atoms with Crippen molar-refractivity contribution in [2.75, 3.05) is 26.7 Å². The fraction of sp³-hybridized carbons (Fsp3) is 0.900. The molecule has 1 heterocycles. The lowest BCUT2D eigenvalue weighted by atomic mass is 9.95. The summed E-state index contributed by atoms with van der Waals surface area (Å²) in [6.07, 6.45) is 12.3. The van der Waals surface area contributed by atoms with E-state index in [0.717, 1.165) is 32.5 Å². The molecule has 3 aliphatic rings. The highest BCUT2D eigenvalue weighted by Crippen LogP contribution is 2.29. The molecule has 0 spiro atoms. The largest absolute Gasteiger partial charge is 0.353 e. The fourth-order valence-electron chi connectivity index (χ4n) is 4.87. The molecule has 1 atom stereocenters. The van der Waals surface area contributed by atoms with Gasteiger partial charge in [0.2, 0.25) is 11.8 Å². The van der Waals surface area contributed by atoms with Crippen molar-refractivity contribution in [3.8, 4) is 0 Å². The van der Waals surface area contributed by atoms with Crippen LogP contribution in [0.2, 0.25) is 0 Å². The Balaban J connectivity index is 1.34. The number of likely N-dealkylation sites (tertiary alicyclic amines) is 1. The molecule has 1 saturated heterocycles. The standard InChI is InChI=1S/C20H35N3O2/c1-22(12-11-19(24)21-17-7-3-2-4-8-17)14-16-13-20(25)23(15-16)18-9-5-6-10-18/h16-18H,2-15H2,1H3,(H,21,24)/t16-/m0/s1. The first kappa shape index (κ1) is 18.7. The quantitative estimate of drug-likeness (QED) is 0.768. The molecule has 2 saturated carbocycles. The molecular formula is C20H35N3O2. The van der Waals surface area contributed by atoms with Crippen LogP contribution in [0.3, 0.4) is 0 Å². The first-order valence-electron chi connectivity index (χ1n) is 10.4. The van der Waals surface area contributed by atoms with Crippen molar-refractivity contribution >= 4 is 11.8 Å². The van der Waals surface area contributed by atoms with E-state index in [1.165, 1.54) is 44.9 Å². The Bertz CT molecular complexity index is 456. The highest BCUT2D eigenvalue weighted by atomic mass is 16.2. The third kappa shape index (κ3) is 5.44. The Morgan fingerprint density at radius 2 is 1.80 bits per heavy atom. The molecule has 25 heavy (non-hydrogen) atoms. The normalized spacial score (nSPS) is 25.9. The summed E-state index contributed by atoms with van der Waals surface area (Å²) >= 11 is 0. The van der Waals surface area contributed by atoms with Gasteiger partial charge in [-0.3, -0.25) is 9.59 Å². The maximum atomic E-state index is 12.3. The van der Waals surface area contributed by atoms with Crippen LogP contribution in [0.4, 0.5) is 0 Å². The van der Waals surface area contributed by atoms with Crippen LogP contribution in [0.25, 0.3) is 0 Å². The molecule has 1 N–H and O–H groups in total. The average Bonchev–Trinajstić information content (AvgIpc) is 3.23. The van der Waals surface area contributed by atoms with Crippen LogP contribution >= 0.6 is 0 Å². The first-order valence-corrected chi connectivity index (χ1v) is 10.4. The van der Waals surface area contributed by atoms with Crippen molar-refractivity contribution in [3.63, 3.8) is 0 Å². The third-order valence-electron chi connectivity index (χ3n) is 6.26. The summed E-state index contributed by atoms with van der Waals surface area (Å²) in [4.78, 5) is 28.8. The summed E-state index contributed by atoms with van der Waals surface area (Å²) in [5, 5.41) is 3.19. The second kappa shape index (κ2) is 9.02. The molecule has 142 valence electrons. The third-order valence-corrected chi connectivity index (χ3v) is 6.26. The predicted octanol–water partition coefficient (Wildman–Crippen LogP) is 2.55. The van der Waals surface area contributed by atoms with Gasteiger partial charge in [0.15, 0.2) is 0 Å². The van der Waals surface area contributed by atoms with Crippen molar-refractivity contribution in [1.82, 2.24) is 15.1 Å². The number of nitrogens with one attached hydrogen (secondary N) is 1. The number of amides is 2. The summed E-state index contributed by atoms with van der Waals surface area (Å²) in [5.74, 6) is 0.966. The van der Waals surface area contributed by atoms with E-state index in [0.29, 0.717) is 36.8 Å². The van der Waals surface area contributed by atoms with Gasteiger partial charge in [0, 0.05) is 44.6 Å². The first-order chi connectivity index (χ1) is 12.1. The molecule has 1 aliphatic heterocycles. The van der Waals surface area contributed by atoms with Gasteiger partial charge in [-0.2, -0.15) is 0 Å². The maximum Gasteiger partial charge on any atom is 0.223 e. The number of carbonyl (C=O) groups excluding carboxylic acids is 2. The minimum atomic E-state index is 0.189. The summed E-state index contributed by atoms with van der Waals surface area (Å²) in [6.45, 7) is 2.63. The van der Waals surface area contributed by atoms with E-state index in [1.54, 1.807) is 0 Å². The van der Waals surface area contributed by atoms with E-state index < -0.39 is 0 Å². The van der Waals surface area contributed by atoms with Crippen LogP contribution in [0.1, 0.15) is 70.6 Å². The number of carbonyl (C=O) groups is 2. The van der Waals surface area contributed by atoms with Crippen LogP contribution in [0.15, 0.2) is 0 Å². The molecule has 0 unspecified atom stereocenters. The topological polar surface area (TPSA) is 52.7 Å². The average molecular weight is 350 g/mol. The van der Waals surface area contributed by atoms with E-state index >= 15 is 0 Å². The van der Waals surface area contributed by atoms with Gasteiger partial charge in [-0.15, -0.1) is 0 Å². The van der Waals surface area contributed by atoms with Gasteiger partial charge in [0.1, 0.15) is 0 Å². The van der Waals surface area contributed by atoms with Gasteiger partial charge in [-0.05, 0) is 38.6 Å². The fourth-order valence-corrected chi connectivity index (χ4v) is 4.87. The van der Waals surface area contributed by atoms with Crippen molar-refractivity contribution in [3.05, 3.63) is 0 Å². The molecule has 0 aromatic heterocycles. The Hall–Kier alpha value is -1.10. The molecule has 0 radical (unpaired) electrons. The lowest BCUT2D eigenvalue weighted by Gasteiger charge is -2.26. The van der Waals surface area contributed by atoms with Gasteiger partial charge >= 0.3 is 0 Å². The van der Waals surface area contributed by atoms with Gasteiger partial charge in [-0.1, -0.05) is 32.1 Å². The van der Waals surface area contributed by atoms with Crippen LogP contribution in [0.5, 0.6) is 0 Å². The summed E-state index contributed by atoms with van der Waals surface area (Å²) in [7, 11) is 2.08. The zero-order valence-corrected chi connectivity index (χ0v) is 15.8. The molecule has 2 amide bonds. The monoisotopic (exact) mass is 349 g/mol. The number of nitrogens with zero attached hydrogens (tertiary/aromatic N) is 2. The molecule has 2 aliphatic carbocycles. The molecule has 0 bridgehead atoms. The summed E-state index contributed by atoms with van der Waals surface area (Å²) in [5.41, 5.74) is 0. The van der Waals surface area contributed by atoms with Crippen LogP contribution in [-0.4, -0.2) is 60.4 Å². The summed E-state index contributed by atoms with van der Waals surface area (Å²) in [6, 6.07) is 0.906. The Morgan fingerprint density at radius 3 is 2.52 bits per heavy atom. The number of hydrogen-bond acceptors (Lipinski definition) is 3. The van der Waals surface area contributed by atoms with Crippen LogP contribution in [0, 0.1) is 5.92 Å². The molecule has 0 aromatic rings. The van der Waals surface area contributed by atoms with Crippen LogP contribution in [-0.2, 0) is 9.59 Å². The summed E-state index contributed by atoms with van der Waals surface area (Å²) < 4.78 is 0. The van der Waals surface area contributed by atoms with E-state index in [2.05, 4.69) is 22.2 Å². The number of hydrogen-bond donors (Lipinski definition) is 1. The lowest BCUT2D eigenvalue weighted by Crippen LogP contribution is -2.38. The Kier molecular flexibility index (Phi) is 6.74. The Labute approximate surface area is 152 Å². The molecule has 3 fully saturated rings. The minimum Gasteiger partial charge on any atom is -0.353 e. The predicted molar refractivity (Wildman–Crippen MR) is 99.2 cm³/mol. The van der Waals surface area contributed by atoms with Crippen molar-refractivity contribution in [2.45, 2.75) is 82.7 Å². The molecule has 0 aromatic carbocycles. The molecule has 3 rings (SSSR count). The zero-order chi connectivity index (χ0) is 17.6. The maximum absolute atomic E-state index is 12.3. The van der Waals surface area contributed by atoms with Gasteiger partial charge in [0.05, 0.1) is 0 Å². The number of rotatable bonds is 7.